The summed E-state index contributed by atoms with van der Waals surface area (Å²) in [5, 5.41) is 22.0. The fourth-order valence-corrected chi connectivity index (χ4v) is 2.75. The number of allylic oxidation sites excluding steroid dienone is 1. The molecule has 148 valence electrons. The van der Waals surface area contributed by atoms with E-state index in [1.807, 2.05) is 0 Å². The van der Waals surface area contributed by atoms with Gasteiger partial charge in [0.15, 0.2) is 5.78 Å². The van der Waals surface area contributed by atoms with Gasteiger partial charge >= 0.3 is 0 Å². The van der Waals surface area contributed by atoms with E-state index in [4.69, 9.17) is 5.11 Å². The lowest BCUT2D eigenvalue weighted by Gasteiger charge is -2.08. The van der Waals surface area contributed by atoms with E-state index in [1.165, 1.54) is 30.0 Å². The number of aliphatic hydroxyl groups is 1. The highest BCUT2D eigenvalue weighted by Crippen LogP contribution is 2.25. The van der Waals surface area contributed by atoms with Gasteiger partial charge in [0, 0.05) is 19.8 Å². The van der Waals surface area contributed by atoms with E-state index < -0.39 is 23.0 Å². The van der Waals surface area contributed by atoms with E-state index in [-0.39, 0.29) is 35.4 Å². The molecule has 9 heteroatoms. The zero-order chi connectivity index (χ0) is 21.0. The second-order valence-corrected chi connectivity index (χ2v) is 6.09. The average Bonchev–Trinajstić information content (AvgIpc) is 2.74. The van der Waals surface area contributed by atoms with Gasteiger partial charge in [-0.3, -0.25) is 19.0 Å². The van der Waals surface area contributed by atoms with E-state index in [9.17, 15) is 19.5 Å². The number of rotatable bonds is 6. The summed E-state index contributed by atoms with van der Waals surface area (Å²) in [7, 11) is 1.47. The van der Waals surface area contributed by atoms with Gasteiger partial charge in [0.1, 0.15) is 22.7 Å². The number of hydrogen-bond donors (Lipinski definition) is 3. The highest BCUT2D eigenvalue weighted by Gasteiger charge is 2.19. The van der Waals surface area contributed by atoms with Gasteiger partial charge in [-0.15, -0.1) is 0 Å². The van der Waals surface area contributed by atoms with Crippen molar-refractivity contribution in [2.45, 2.75) is 0 Å². The third kappa shape index (κ3) is 4.04. The second kappa shape index (κ2) is 8.44. The van der Waals surface area contributed by atoms with Crippen LogP contribution in [0.25, 0.3) is 17.1 Å². The fraction of sp³-hybridized carbons (Fsp3) is 0.150. The van der Waals surface area contributed by atoms with Crippen LogP contribution in [0.1, 0.15) is 26.5 Å². The minimum Gasteiger partial charge on any atom is -0.506 e. The molecule has 9 nitrogen and oxygen atoms in total. The Labute approximate surface area is 165 Å². The summed E-state index contributed by atoms with van der Waals surface area (Å²) in [6, 6.07) is 7.81. The number of hydrogen-bond acceptors (Lipinski definition) is 7. The summed E-state index contributed by atoms with van der Waals surface area (Å²) < 4.78 is 1.19. The lowest BCUT2D eigenvalue weighted by Crippen LogP contribution is -2.27. The minimum absolute atomic E-state index is 0.0957. The van der Waals surface area contributed by atoms with Crippen molar-refractivity contribution >= 4 is 28.8 Å². The molecule has 0 saturated carbocycles. The number of carbonyl (C=O) groups is 2. The molecular formula is C20H18N4O5. The molecule has 0 saturated heterocycles. The van der Waals surface area contributed by atoms with E-state index >= 15 is 0 Å². The van der Waals surface area contributed by atoms with Crippen molar-refractivity contribution in [3.63, 3.8) is 0 Å². The lowest BCUT2D eigenvalue weighted by molar-refractivity contribution is 0.0939. The molecule has 3 aromatic rings. The fourth-order valence-electron chi connectivity index (χ4n) is 2.75. The van der Waals surface area contributed by atoms with Gasteiger partial charge in [-0.05, 0) is 36.4 Å². The summed E-state index contributed by atoms with van der Waals surface area (Å²) in [5.74, 6) is -1.60. The minimum atomic E-state index is -0.703. The van der Waals surface area contributed by atoms with Crippen molar-refractivity contribution in [1.82, 2.24) is 19.9 Å². The van der Waals surface area contributed by atoms with E-state index in [0.717, 1.165) is 6.08 Å². The van der Waals surface area contributed by atoms with E-state index in [1.54, 1.807) is 24.3 Å². The Morgan fingerprint density at radius 3 is 2.79 bits per heavy atom. The zero-order valence-corrected chi connectivity index (χ0v) is 15.5. The first-order valence-electron chi connectivity index (χ1n) is 8.69. The van der Waals surface area contributed by atoms with Crippen molar-refractivity contribution in [3.05, 3.63) is 69.9 Å². The van der Waals surface area contributed by atoms with Crippen LogP contribution in [0, 0.1) is 0 Å². The number of aromatic nitrogens is 3. The smallest absolute Gasteiger partial charge is 0.269 e. The van der Waals surface area contributed by atoms with Crippen LogP contribution < -0.4 is 10.9 Å². The lowest BCUT2D eigenvalue weighted by atomic mass is 10.1. The molecule has 0 fully saturated rings. The van der Waals surface area contributed by atoms with E-state index in [0.29, 0.717) is 5.69 Å². The topological polar surface area (TPSA) is 134 Å². The van der Waals surface area contributed by atoms with E-state index in [2.05, 4.69) is 15.3 Å². The summed E-state index contributed by atoms with van der Waals surface area (Å²) in [4.78, 5) is 45.2. The van der Waals surface area contributed by atoms with Crippen molar-refractivity contribution in [2.75, 3.05) is 13.2 Å². The van der Waals surface area contributed by atoms with Crippen molar-refractivity contribution < 1.29 is 19.8 Å². The number of aliphatic hydroxyl groups excluding tert-OH is 1. The van der Waals surface area contributed by atoms with Crippen LogP contribution in [0.15, 0.2) is 47.4 Å². The molecule has 3 rings (SSSR count). The normalized spacial score (nSPS) is 11.1. The van der Waals surface area contributed by atoms with Crippen LogP contribution in [0.4, 0.5) is 0 Å². The third-order valence-corrected chi connectivity index (χ3v) is 4.17. The van der Waals surface area contributed by atoms with Gasteiger partial charge in [-0.1, -0.05) is 6.07 Å². The van der Waals surface area contributed by atoms with Gasteiger partial charge in [-0.25, -0.2) is 9.97 Å². The standard InChI is InChI=1S/C20H18N4O5/c1-24-18-13(5-3-9-21-18)17(27)16(20(24)29)15(26)8-7-12-4-2-6-14(23-12)19(28)22-10-11-25/h2-9,25,27H,10-11H2,1H3,(H,22,28)/b8-7+. The quantitative estimate of drug-likeness (QED) is 0.413. The number of pyridine rings is 3. The van der Waals surface area contributed by atoms with Gasteiger partial charge in [0.25, 0.3) is 11.5 Å². The number of nitrogens with one attached hydrogen (secondary N) is 1. The summed E-state index contributed by atoms with van der Waals surface area (Å²) in [5.41, 5.74) is -0.356. The van der Waals surface area contributed by atoms with Gasteiger partial charge < -0.3 is 15.5 Å². The third-order valence-electron chi connectivity index (χ3n) is 4.17. The van der Waals surface area contributed by atoms with Crippen molar-refractivity contribution in [3.8, 4) is 5.75 Å². The molecular weight excluding hydrogens is 376 g/mol. The molecule has 29 heavy (non-hydrogen) atoms. The predicted molar refractivity (Wildman–Crippen MR) is 106 cm³/mol. The second-order valence-electron chi connectivity index (χ2n) is 6.09. The number of aromatic hydroxyl groups is 1. The zero-order valence-electron chi connectivity index (χ0n) is 15.5. The Morgan fingerprint density at radius 2 is 2.03 bits per heavy atom. The number of amides is 1. The number of fused-ring (bicyclic) bond motifs is 1. The molecule has 0 aliphatic carbocycles. The first-order chi connectivity index (χ1) is 13.9. The van der Waals surface area contributed by atoms with Crippen LogP contribution in [-0.2, 0) is 7.05 Å². The maximum atomic E-state index is 12.6. The maximum absolute atomic E-state index is 12.6. The Bertz CT molecular complexity index is 1180. The molecule has 0 aliphatic heterocycles. The first-order valence-corrected chi connectivity index (χ1v) is 8.69. The molecule has 0 aromatic carbocycles. The molecule has 1 amide bonds. The number of carbonyl (C=O) groups excluding carboxylic acids is 2. The summed E-state index contributed by atoms with van der Waals surface area (Å²) >= 11 is 0. The highest BCUT2D eigenvalue weighted by molar-refractivity contribution is 6.10. The van der Waals surface area contributed by atoms with Gasteiger partial charge in [0.2, 0.25) is 0 Å². The van der Waals surface area contributed by atoms with Crippen LogP contribution >= 0.6 is 0 Å². The Morgan fingerprint density at radius 1 is 1.24 bits per heavy atom. The molecule has 3 heterocycles. The highest BCUT2D eigenvalue weighted by atomic mass is 16.3. The van der Waals surface area contributed by atoms with Gasteiger partial charge in [0.05, 0.1) is 17.7 Å². The first kappa shape index (κ1) is 19.9. The number of nitrogens with zero attached hydrogens (tertiary/aromatic N) is 3. The summed E-state index contributed by atoms with van der Waals surface area (Å²) in [6.07, 6.45) is 3.94. The Balaban J connectivity index is 1.93. The average molecular weight is 394 g/mol. The van der Waals surface area contributed by atoms with Crippen LogP contribution in [0.2, 0.25) is 0 Å². The van der Waals surface area contributed by atoms with Gasteiger partial charge in [-0.2, -0.15) is 0 Å². The largest absolute Gasteiger partial charge is 0.506 e. The van der Waals surface area contributed by atoms with Crippen molar-refractivity contribution in [1.29, 1.82) is 0 Å². The number of ketones is 1. The van der Waals surface area contributed by atoms with Crippen molar-refractivity contribution in [2.24, 2.45) is 7.05 Å². The maximum Gasteiger partial charge on any atom is 0.269 e. The molecule has 0 unspecified atom stereocenters. The van der Waals surface area contributed by atoms with Crippen LogP contribution in [0.5, 0.6) is 5.75 Å². The molecule has 0 aliphatic rings. The monoisotopic (exact) mass is 394 g/mol. The molecule has 0 atom stereocenters. The molecule has 3 N–H and O–H groups in total. The Kier molecular flexibility index (Phi) is 5.79. The molecule has 0 bridgehead atoms. The molecule has 3 aromatic heterocycles. The summed E-state index contributed by atoms with van der Waals surface area (Å²) in [6.45, 7) is -0.0992. The number of aryl methyl sites for hydroxylation is 1. The SMILES string of the molecule is Cn1c(=O)c(C(=O)/C=C/c2cccc(C(=O)NCCO)n2)c(O)c2cccnc21. The molecule has 0 spiro atoms. The van der Waals surface area contributed by atoms with Crippen LogP contribution in [0.3, 0.4) is 0 Å². The molecule has 0 radical (unpaired) electrons. The van der Waals surface area contributed by atoms with Crippen LogP contribution in [-0.4, -0.2) is 49.6 Å². The predicted octanol–water partition coefficient (Wildman–Crippen LogP) is 0.652. The Hall–Kier alpha value is -3.85.